The van der Waals surface area contributed by atoms with E-state index in [2.05, 4.69) is 91.9 Å². The van der Waals surface area contributed by atoms with Crippen LogP contribution in [0, 0.1) is 0 Å². The molecule has 31 heavy (non-hydrogen) atoms. The number of halogens is 1. The van der Waals surface area contributed by atoms with Crippen molar-refractivity contribution in [2.45, 2.75) is 63.8 Å². The fraction of sp³-hybridized carbons (Fsp3) is 0.440. The zero-order chi connectivity index (χ0) is 22.4. The maximum atomic E-state index is 10.8. The van der Waals surface area contributed by atoms with Crippen LogP contribution in [0.2, 0.25) is 5.04 Å². The SMILES string of the molecule is CC1(C)O[C@@H]2[C@H](O1)C(CO[Si](c1ccccc1)(c1ccccc1)C(C)(C)C)=C(I)[C@@H]2O. The molecule has 0 bridgehead atoms. The van der Waals surface area contributed by atoms with Gasteiger partial charge >= 0.3 is 0 Å². The lowest BCUT2D eigenvalue weighted by atomic mass is 10.1. The monoisotopic (exact) mass is 550 g/mol. The third-order valence-corrected chi connectivity index (χ3v) is 12.5. The summed E-state index contributed by atoms with van der Waals surface area (Å²) < 4.78 is 20.1. The number of hydrogen-bond acceptors (Lipinski definition) is 4. The van der Waals surface area contributed by atoms with Crippen LogP contribution >= 0.6 is 22.6 Å². The molecule has 4 nitrogen and oxygen atoms in total. The van der Waals surface area contributed by atoms with Gasteiger partial charge in [-0.05, 0) is 57.4 Å². The fourth-order valence-electron chi connectivity index (χ4n) is 4.86. The molecule has 0 aromatic heterocycles. The Balaban J connectivity index is 1.76. The lowest BCUT2D eigenvalue weighted by Gasteiger charge is -2.43. The lowest BCUT2D eigenvalue weighted by molar-refractivity contribution is -0.153. The minimum atomic E-state index is -2.66. The van der Waals surface area contributed by atoms with E-state index in [9.17, 15) is 5.11 Å². The van der Waals surface area contributed by atoms with Crippen molar-refractivity contribution in [3.05, 3.63) is 69.8 Å². The van der Waals surface area contributed by atoms with Crippen LogP contribution in [-0.4, -0.2) is 44.1 Å². The van der Waals surface area contributed by atoms with Crippen LogP contribution in [0.4, 0.5) is 0 Å². The molecule has 6 heteroatoms. The minimum absolute atomic E-state index is 0.107. The summed E-state index contributed by atoms with van der Waals surface area (Å²) in [6, 6.07) is 21.2. The predicted octanol–water partition coefficient (Wildman–Crippen LogP) is 4.15. The molecule has 2 aromatic carbocycles. The molecule has 0 amide bonds. The van der Waals surface area contributed by atoms with Gasteiger partial charge in [0, 0.05) is 3.58 Å². The third-order valence-electron chi connectivity index (χ3n) is 6.21. The van der Waals surface area contributed by atoms with E-state index >= 15 is 0 Å². The highest BCUT2D eigenvalue weighted by Gasteiger charge is 2.54. The van der Waals surface area contributed by atoms with Crippen molar-refractivity contribution in [3.63, 3.8) is 0 Å². The minimum Gasteiger partial charge on any atom is -0.403 e. The van der Waals surface area contributed by atoms with Gasteiger partial charge in [-0.1, -0.05) is 81.4 Å². The number of fused-ring (bicyclic) bond motifs is 1. The van der Waals surface area contributed by atoms with Gasteiger partial charge in [0.15, 0.2) is 5.79 Å². The van der Waals surface area contributed by atoms with E-state index in [4.69, 9.17) is 13.9 Å². The average Bonchev–Trinajstić information content (AvgIpc) is 3.15. The van der Waals surface area contributed by atoms with E-state index in [0.29, 0.717) is 6.61 Å². The van der Waals surface area contributed by atoms with Crippen LogP contribution in [0.5, 0.6) is 0 Å². The summed E-state index contributed by atoms with van der Waals surface area (Å²) in [5.74, 6) is -0.712. The Morgan fingerprint density at radius 2 is 1.48 bits per heavy atom. The molecule has 0 saturated carbocycles. The molecule has 1 fully saturated rings. The number of ether oxygens (including phenoxy) is 2. The normalized spacial score (nSPS) is 25.7. The van der Waals surface area contributed by atoms with E-state index in [0.717, 1.165) is 9.15 Å². The maximum Gasteiger partial charge on any atom is 0.261 e. The van der Waals surface area contributed by atoms with E-state index in [1.165, 1.54) is 10.4 Å². The summed E-state index contributed by atoms with van der Waals surface area (Å²) in [6.45, 7) is 11.0. The number of benzene rings is 2. The Labute approximate surface area is 199 Å². The highest BCUT2D eigenvalue weighted by atomic mass is 127. The predicted molar refractivity (Wildman–Crippen MR) is 134 cm³/mol. The van der Waals surface area contributed by atoms with Gasteiger partial charge in [0.25, 0.3) is 8.32 Å². The van der Waals surface area contributed by atoms with Gasteiger partial charge in [-0.3, -0.25) is 0 Å². The van der Waals surface area contributed by atoms with E-state index in [1.807, 2.05) is 26.0 Å². The van der Waals surface area contributed by atoms with E-state index in [-0.39, 0.29) is 17.2 Å². The van der Waals surface area contributed by atoms with Crippen LogP contribution in [0.3, 0.4) is 0 Å². The van der Waals surface area contributed by atoms with Crippen molar-refractivity contribution in [1.29, 1.82) is 0 Å². The molecule has 0 spiro atoms. The van der Waals surface area contributed by atoms with Gasteiger partial charge in [-0.2, -0.15) is 0 Å². The average molecular weight is 551 g/mol. The Bertz CT molecular complexity index is 913. The van der Waals surface area contributed by atoms with E-state index in [1.54, 1.807) is 0 Å². The topological polar surface area (TPSA) is 47.9 Å². The smallest absolute Gasteiger partial charge is 0.261 e. The molecule has 1 aliphatic heterocycles. The first-order valence-electron chi connectivity index (χ1n) is 10.7. The second-order valence-corrected chi connectivity index (χ2v) is 15.3. The van der Waals surface area contributed by atoms with Crippen LogP contribution in [0.15, 0.2) is 69.8 Å². The van der Waals surface area contributed by atoms with Gasteiger partial charge in [0.2, 0.25) is 0 Å². The van der Waals surface area contributed by atoms with Crippen molar-refractivity contribution in [2.24, 2.45) is 0 Å². The van der Waals surface area contributed by atoms with Crippen LogP contribution < -0.4 is 10.4 Å². The molecule has 166 valence electrons. The first-order valence-corrected chi connectivity index (χ1v) is 13.7. The van der Waals surface area contributed by atoms with Gasteiger partial charge in [0.1, 0.15) is 18.3 Å². The summed E-state index contributed by atoms with van der Waals surface area (Å²) in [5.41, 5.74) is 0.997. The largest absolute Gasteiger partial charge is 0.403 e. The fourth-order valence-corrected chi connectivity index (χ4v) is 10.2. The van der Waals surface area contributed by atoms with Gasteiger partial charge < -0.3 is 19.0 Å². The molecule has 1 saturated heterocycles. The Morgan fingerprint density at radius 1 is 0.968 bits per heavy atom. The quantitative estimate of drug-likeness (QED) is 0.449. The molecule has 0 unspecified atom stereocenters. The molecule has 2 aliphatic rings. The number of aliphatic hydroxyl groups excluding tert-OH is 1. The molecule has 1 heterocycles. The highest BCUT2D eigenvalue weighted by molar-refractivity contribution is 14.1. The molecule has 0 radical (unpaired) electrons. The van der Waals surface area contributed by atoms with Gasteiger partial charge in [-0.25, -0.2) is 0 Å². The summed E-state index contributed by atoms with van der Waals surface area (Å²) in [5, 5.41) is 13.2. The summed E-state index contributed by atoms with van der Waals surface area (Å²) >= 11 is 2.23. The zero-order valence-electron chi connectivity index (χ0n) is 18.8. The van der Waals surface area contributed by atoms with Crippen LogP contribution in [0.25, 0.3) is 0 Å². The van der Waals surface area contributed by atoms with Crippen molar-refractivity contribution >= 4 is 41.3 Å². The highest BCUT2D eigenvalue weighted by Crippen LogP contribution is 2.45. The number of rotatable bonds is 5. The van der Waals surface area contributed by atoms with E-state index < -0.39 is 20.2 Å². The van der Waals surface area contributed by atoms with Crippen molar-refractivity contribution in [3.8, 4) is 0 Å². The number of aliphatic hydroxyl groups is 1. The first-order chi connectivity index (χ1) is 14.6. The molecule has 1 aliphatic carbocycles. The van der Waals surface area contributed by atoms with Crippen molar-refractivity contribution in [1.82, 2.24) is 0 Å². The Morgan fingerprint density at radius 3 is 1.97 bits per heavy atom. The van der Waals surface area contributed by atoms with Gasteiger partial charge in [-0.15, -0.1) is 0 Å². The second kappa shape index (κ2) is 8.39. The van der Waals surface area contributed by atoms with Crippen LogP contribution in [-0.2, 0) is 13.9 Å². The van der Waals surface area contributed by atoms with Gasteiger partial charge in [0.05, 0.1) is 6.61 Å². The first kappa shape index (κ1) is 23.1. The summed E-state index contributed by atoms with van der Waals surface area (Å²) in [7, 11) is -2.66. The summed E-state index contributed by atoms with van der Waals surface area (Å²) in [6.07, 6.45) is -1.33. The molecule has 4 rings (SSSR count). The molecule has 1 N–H and O–H groups in total. The Hall–Kier alpha value is -1.03. The summed E-state index contributed by atoms with van der Waals surface area (Å²) in [4.78, 5) is 0. The zero-order valence-corrected chi connectivity index (χ0v) is 21.9. The molecular weight excluding hydrogens is 519 g/mol. The number of hydrogen-bond donors (Lipinski definition) is 1. The third kappa shape index (κ3) is 4.07. The second-order valence-electron chi connectivity index (χ2n) is 9.79. The molecular formula is C25H31IO4Si. The standard InChI is InChI=1S/C25H31IO4Si/c1-24(2,3)31(17-12-8-6-9-13-17,18-14-10-7-11-15-18)28-16-19-20(26)21(27)23-22(19)29-25(4,5)30-23/h6-15,21-23,27H,16H2,1-5H3/t21-,22+,23-/m0/s1. The molecule has 3 atom stereocenters. The molecule has 2 aromatic rings. The van der Waals surface area contributed by atoms with Crippen LogP contribution in [0.1, 0.15) is 34.6 Å². The lowest BCUT2D eigenvalue weighted by Crippen LogP contribution is -2.66. The van der Waals surface area contributed by atoms with Crippen molar-refractivity contribution < 1.29 is 19.0 Å². The maximum absolute atomic E-state index is 10.8. The Kier molecular flexibility index (Phi) is 6.26. The van der Waals surface area contributed by atoms with Crippen molar-refractivity contribution in [2.75, 3.05) is 6.61 Å².